The van der Waals surface area contributed by atoms with Crippen molar-refractivity contribution in [3.63, 3.8) is 0 Å². The minimum atomic E-state index is -2.02. The van der Waals surface area contributed by atoms with Crippen LogP contribution in [0.1, 0.15) is 101 Å². The molecule has 236 valence electrons. The fourth-order valence-electron chi connectivity index (χ4n) is 4.80. The third kappa shape index (κ3) is 14.3. The van der Waals surface area contributed by atoms with Crippen molar-refractivity contribution < 1.29 is 23.5 Å². The molecule has 0 unspecified atom stereocenters. The van der Waals surface area contributed by atoms with Crippen molar-refractivity contribution in [3.05, 3.63) is 35.9 Å². The predicted octanol–water partition coefficient (Wildman–Crippen LogP) is 8.15. The van der Waals surface area contributed by atoms with E-state index in [-0.39, 0.29) is 35.6 Å². The van der Waals surface area contributed by atoms with Crippen molar-refractivity contribution in [1.82, 2.24) is 5.32 Å². The Morgan fingerprint density at radius 3 is 1.95 bits per heavy atom. The zero-order chi connectivity index (χ0) is 31.6. The molecule has 0 spiro atoms. The maximum atomic E-state index is 12.7. The normalized spacial score (nSPS) is 16.5. The number of carbonyl (C=O) groups excluding carboxylic acids is 2. The van der Waals surface area contributed by atoms with Crippen LogP contribution in [0.4, 0.5) is 0 Å². The van der Waals surface area contributed by atoms with Gasteiger partial charge in [-0.2, -0.15) is 0 Å². The summed E-state index contributed by atoms with van der Waals surface area (Å²) >= 11 is 0. The van der Waals surface area contributed by atoms with Crippen molar-refractivity contribution in [2.75, 3.05) is 6.54 Å². The molecule has 0 aliphatic heterocycles. The van der Waals surface area contributed by atoms with Gasteiger partial charge in [0.25, 0.3) is 0 Å². The zero-order valence-corrected chi connectivity index (χ0v) is 29.4. The van der Waals surface area contributed by atoms with Crippen LogP contribution in [-0.2, 0) is 30.1 Å². The Labute approximate surface area is 252 Å². The largest absolute Gasteiger partial charge is 0.459 e. The minimum absolute atomic E-state index is 0.0674. The van der Waals surface area contributed by atoms with Gasteiger partial charge in [0.05, 0.1) is 18.8 Å². The molecule has 7 heteroatoms. The third-order valence-electron chi connectivity index (χ3n) is 8.21. The van der Waals surface area contributed by atoms with Gasteiger partial charge in [-0.25, -0.2) is 0 Å². The number of rotatable bonds is 16. The Kier molecular flexibility index (Phi) is 14.8. The van der Waals surface area contributed by atoms with Crippen LogP contribution in [0, 0.1) is 23.7 Å². The van der Waals surface area contributed by atoms with E-state index in [1.807, 2.05) is 33.8 Å². The lowest BCUT2D eigenvalue weighted by molar-refractivity contribution is -0.154. The maximum Gasteiger partial charge on any atom is 0.325 e. The summed E-state index contributed by atoms with van der Waals surface area (Å²) in [6.07, 6.45) is 2.69. The van der Waals surface area contributed by atoms with Crippen LogP contribution in [0.15, 0.2) is 30.3 Å². The van der Waals surface area contributed by atoms with Gasteiger partial charge < -0.3 is 19.2 Å². The molecule has 0 aromatic heterocycles. The molecule has 0 saturated heterocycles. The highest BCUT2D eigenvalue weighted by Crippen LogP contribution is 2.40. The lowest BCUT2D eigenvalue weighted by atomic mass is 9.84. The van der Waals surface area contributed by atoms with Gasteiger partial charge >= 0.3 is 5.97 Å². The van der Waals surface area contributed by atoms with Crippen molar-refractivity contribution in [2.24, 2.45) is 23.7 Å². The highest BCUT2D eigenvalue weighted by atomic mass is 28.4. The number of benzene rings is 1. The van der Waals surface area contributed by atoms with E-state index >= 15 is 0 Å². The average molecular weight is 592 g/mol. The number of hydrogen-bond donors (Lipinski definition) is 1. The van der Waals surface area contributed by atoms with Crippen molar-refractivity contribution in [3.8, 4) is 0 Å². The number of esters is 1. The third-order valence-corrected chi connectivity index (χ3v) is 12.7. The number of carbonyl (C=O) groups is 2. The number of amides is 1. The molecule has 6 nitrogen and oxygen atoms in total. The van der Waals surface area contributed by atoms with Gasteiger partial charge in [0.15, 0.2) is 8.32 Å². The summed E-state index contributed by atoms with van der Waals surface area (Å²) in [5.41, 5.74) is 0.614. The molecule has 0 aliphatic rings. The molecule has 1 rings (SSSR count). The van der Waals surface area contributed by atoms with E-state index < -0.39 is 19.9 Å². The predicted molar refractivity (Wildman–Crippen MR) is 172 cm³/mol. The number of hydrogen-bond acceptors (Lipinski definition) is 5. The molecule has 1 aromatic carbocycles. The molecule has 41 heavy (non-hydrogen) atoms. The van der Waals surface area contributed by atoms with Crippen LogP contribution in [0.5, 0.6) is 0 Å². The first-order valence-electron chi connectivity index (χ1n) is 15.5. The van der Waals surface area contributed by atoms with Crippen LogP contribution in [0.3, 0.4) is 0 Å². The van der Waals surface area contributed by atoms with E-state index in [1.165, 1.54) is 5.56 Å². The van der Waals surface area contributed by atoms with Crippen LogP contribution in [0.25, 0.3) is 0 Å². The van der Waals surface area contributed by atoms with Gasteiger partial charge in [-0.15, -0.1) is 0 Å². The Hall–Kier alpha value is -1.70. The Morgan fingerprint density at radius 1 is 0.854 bits per heavy atom. The van der Waals surface area contributed by atoms with Gasteiger partial charge in [-0.1, -0.05) is 85.7 Å². The lowest BCUT2D eigenvalue weighted by Gasteiger charge is -2.42. The Bertz CT molecular complexity index is 919. The molecule has 1 N–H and O–H groups in total. The topological polar surface area (TPSA) is 73.9 Å². The fraction of sp³-hybridized carbons (Fsp3) is 0.765. The lowest BCUT2D eigenvalue weighted by Crippen LogP contribution is -2.47. The molecule has 0 saturated carbocycles. The Morgan fingerprint density at radius 2 is 1.44 bits per heavy atom. The van der Waals surface area contributed by atoms with Crippen LogP contribution in [-0.4, -0.2) is 44.5 Å². The van der Waals surface area contributed by atoms with Crippen LogP contribution >= 0.6 is 0 Å². The molecule has 1 amide bonds. The number of ether oxygens (including phenoxy) is 2. The van der Waals surface area contributed by atoms with Crippen molar-refractivity contribution in [1.29, 1.82) is 0 Å². The van der Waals surface area contributed by atoms with Gasteiger partial charge in [-0.3, -0.25) is 9.59 Å². The first kappa shape index (κ1) is 37.3. The molecule has 1 aromatic rings. The molecular weight excluding hydrogens is 530 g/mol. The zero-order valence-electron chi connectivity index (χ0n) is 28.4. The van der Waals surface area contributed by atoms with Crippen LogP contribution < -0.4 is 5.32 Å². The monoisotopic (exact) mass is 591 g/mol. The highest BCUT2D eigenvalue weighted by Gasteiger charge is 2.41. The number of nitrogens with one attached hydrogen (secondary N) is 1. The quantitative estimate of drug-likeness (QED) is 0.155. The molecule has 0 radical (unpaired) electrons. The molecule has 0 fully saturated rings. The van der Waals surface area contributed by atoms with Gasteiger partial charge in [0.1, 0.15) is 12.1 Å². The standard InChI is InChI=1S/C34H61NO5Si/c1-24(2)29(38-23-28-17-15-14-16-18-28)21-30(40-41(12,13)34(9,10)11)26(4)19-25(3)20-27(5)32(37)35-22-31(36)39-33(6,7)8/h14-18,24-27,29-30H,19-23H2,1-13H3,(H,35,37)/t25-,26+,27-,29-,30-/m0/s1. The molecule has 0 bridgehead atoms. The second-order valence-corrected chi connectivity index (χ2v) is 19.7. The average Bonchev–Trinajstić information content (AvgIpc) is 2.82. The molecular formula is C34H61NO5Si. The molecule has 0 heterocycles. The van der Waals surface area contributed by atoms with E-state index in [9.17, 15) is 9.59 Å². The fourth-order valence-corrected chi connectivity index (χ4v) is 6.23. The van der Waals surface area contributed by atoms with E-state index in [1.54, 1.807) is 0 Å². The second-order valence-electron chi connectivity index (χ2n) is 15.0. The van der Waals surface area contributed by atoms with Gasteiger partial charge in [-0.05, 0) is 81.5 Å². The summed E-state index contributed by atoms with van der Waals surface area (Å²) in [5.74, 6) is 0.260. The van der Waals surface area contributed by atoms with E-state index in [4.69, 9.17) is 13.9 Å². The smallest absolute Gasteiger partial charge is 0.325 e. The SMILES string of the molecule is CC(C)[C@H](C[C@H](O[Si](C)(C)C(C)(C)C)[C@H](C)C[C@H](C)C[C@H](C)C(=O)NCC(=O)OC(C)(C)C)OCc1ccccc1. The molecule has 0 aliphatic carbocycles. The summed E-state index contributed by atoms with van der Waals surface area (Å²) in [4.78, 5) is 24.7. The van der Waals surface area contributed by atoms with E-state index in [2.05, 4.69) is 91.1 Å². The van der Waals surface area contributed by atoms with E-state index in [0.29, 0.717) is 24.4 Å². The second kappa shape index (κ2) is 16.2. The molecule has 5 atom stereocenters. The Balaban J connectivity index is 2.90. The van der Waals surface area contributed by atoms with E-state index in [0.717, 1.165) is 19.3 Å². The van der Waals surface area contributed by atoms with Crippen molar-refractivity contribution >= 4 is 20.2 Å². The van der Waals surface area contributed by atoms with Gasteiger partial charge in [0.2, 0.25) is 5.91 Å². The minimum Gasteiger partial charge on any atom is -0.459 e. The maximum absolute atomic E-state index is 12.7. The summed E-state index contributed by atoms with van der Waals surface area (Å²) in [6, 6.07) is 10.3. The summed E-state index contributed by atoms with van der Waals surface area (Å²) in [6.45, 7) is 28.3. The summed E-state index contributed by atoms with van der Waals surface area (Å²) < 4.78 is 18.9. The van der Waals surface area contributed by atoms with Crippen LogP contribution in [0.2, 0.25) is 18.1 Å². The highest BCUT2D eigenvalue weighted by molar-refractivity contribution is 6.74. The first-order valence-corrected chi connectivity index (χ1v) is 18.5. The first-order chi connectivity index (χ1) is 18.7. The summed E-state index contributed by atoms with van der Waals surface area (Å²) in [7, 11) is -2.02. The van der Waals surface area contributed by atoms with Crippen molar-refractivity contribution in [2.45, 2.75) is 138 Å². The summed E-state index contributed by atoms with van der Waals surface area (Å²) in [5, 5.41) is 2.86. The van der Waals surface area contributed by atoms with Gasteiger partial charge in [0, 0.05) is 5.92 Å².